The Kier molecular flexibility index (Phi) is 3.62. The number of anilines is 2. The van der Waals surface area contributed by atoms with Crippen LogP contribution in [0.15, 0.2) is 42.5 Å². The number of aromatic nitrogens is 3. The summed E-state index contributed by atoms with van der Waals surface area (Å²) in [5.74, 6) is -0.895. The summed E-state index contributed by atoms with van der Waals surface area (Å²) in [5, 5.41) is 1.06. The smallest absolute Gasteiger partial charge is 0.269 e. The number of hydrogen-bond donors (Lipinski definition) is 1. The highest BCUT2D eigenvalue weighted by atomic mass is 32.2. The number of halogens is 2. The van der Waals surface area contributed by atoms with E-state index in [0.29, 0.717) is 10.8 Å². The van der Waals surface area contributed by atoms with E-state index in [9.17, 15) is 21.8 Å². The average Bonchev–Trinajstić information content (AvgIpc) is 2.45. The maximum atomic E-state index is 13.2. The van der Waals surface area contributed by atoms with Gasteiger partial charge in [0.05, 0.1) is 5.69 Å². The second-order valence-electron chi connectivity index (χ2n) is 4.41. The first-order chi connectivity index (χ1) is 10.9. The van der Waals surface area contributed by atoms with Crippen LogP contribution >= 0.6 is 0 Å². The lowest BCUT2D eigenvalue weighted by molar-refractivity contribution is 0.453. The van der Waals surface area contributed by atoms with Gasteiger partial charge in [-0.3, -0.25) is 4.55 Å². The normalized spacial score (nSPS) is 11.6. The Morgan fingerprint density at radius 2 is 1.52 bits per heavy atom. The minimum atomic E-state index is -4.95. The molecule has 0 aliphatic carbocycles. The lowest BCUT2D eigenvalue weighted by Crippen LogP contribution is -2.28. The van der Waals surface area contributed by atoms with Crippen molar-refractivity contribution in [2.45, 2.75) is 0 Å². The molecule has 10 heteroatoms. The Bertz CT molecular complexity index is 972. The molecule has 0 radical (unpaired) electrons. The van der Waals surface area contributed by atoms with Gasteiger partial charge in [-0.05, 0) is 11.5 Å². The Morgan fingerprint density at radius 1 is 0.913 bits per heavy atom. The van der Waals surface area contributed by atoms with E-state index in [1.165, 1.54) is 12.1 Å². The van der Waals surface area contributed by atoms with E-state index >= 15 is 0 Å². The zero-order chi connectivity index (χ0) is 16.6. The molecule has 3 aromatic rings. The summed E-state index contributed by atoms with van der Waals surface area (Å²) in [7, 11) is -4.95. The predicted molar refractivity (Wildman–Crippen MR) is 77.4 cm³/mol. The van der Waals surface area contributed by atoms with Crippen LogP contribution in [0.2, 0.25) is 0 Å². The van der Waals surface area contributed by atoms with Crippen molar-refractivity contribution in [1.29, 1.82) is 0 Å². The van der Waals surface area contributed by atoms with Crippen molar-refractivity contribution in [2.75, 3.05) is 4.31 Å². The van der Waals surface area contributed by atoms with Crippen LogP contribution in [-0.4, -0.2) is 27.9 Å². The van der Waals surface area contributed by atoms with E-state index in [0.717, 1.165) is 0 Å². The van der Waals surface area contributed by atoms with Gasteiger partial charge in [0.15, 0.2) is 0 Å². The van der Waals surface area contributed by atoms with Crippen LogP contribution in [0.3, 0.4) is 0 Å². The lowest BCUT2D eigenvalue weighted by Gasteiger charge is -2.20. The summed E-state index contributed by atoms with van der Waals surface area (Å²) < 4.78 is 59.6. The monoisotopic (exact) mass is 338 g/mol. The van der Waals surface area contributed by atoms with E-state index in [2.05, 4.69) is 15.0 Å². The zero-order valence-corrected chi connectivity index (χ0v) is 12.1. The van der Waals surface area contributed by atoms with Crippen molar-refractivity contribution < 1.29 is 21.8 Å². The molecule has 0 saturated carbocycles. The molecule has 0 aliphatic rings. The third-order valence-electron chi connectivity index (χ3n) is 2.97. The van der Waals surface area contributed by atoms with Crippen LogP contribution in [0.4, 0.5) is 20.4 Å². The Morgan fingerprint density at radius 3 is 2.17 bits per heavy atom. The SMILES string of the molecule is O=S(=O)(O)N(c1nc(F)nc(F)n1)c1cccc2ccccc12. The molecule has 23 heavy (non-hydrogen) atoms. The second-order valence-corrected chi connectivity index (χ2v) is 5.67. The summed E-state index contributed by atoms with van der Waals surface area (Å²) in [4.78, 5) is 8.98. The first-order valence-electron chi connectivity index (χ1n) is 6.19. The summed E-state index contributed by atoms with van der Waals surface area (Å²) in [6, 6.07) is 11.2. The fraction of sp³-hybridized carbons (Fsp3) is 0. The minimum absolute atomic E-state index is 0.0596. The van der Waals surface area contributed by atoms with Gasteiger partial charge >= 0.3 is 22.5 Å². The summed E-state index contributed by atoms with van der Waals surface area (Å²) >= 11 is 0. The highest BCUT2D eigenvalue weighted by Crippen LogP contribution is 2.32. The van der Waals surface area contributed by atoms with E-state index in [4.69, 9.17) is 0 Å². The van der Waals surface area contributed by atoms with Gasteiger partial charge in [-0.25, -0.2) is 0 Å². The lowest BCUT2D eigenvalue weighted by atomic mass is 10.1. The predicted octanol–water partition coefficient (Wildman–Crippen LogP) is 2.24. The fourth-order valence-corrected chi connectivity index (χ4v) is 2.82. The number of nitrogens with zero attached hydrogens (tertiary/aromatic N) is 4. The van der Waals surface area contributed by atoms with Gasteiger partial charge in [0, 0.05) is 5.39 Å². The van der Waals surface area contributed by atoms with Crippen LogP contribution < -0.4 is 4.31 Å². The number of hydrogen-bond acceptors (Lipinski definition) is 5. The molecule has 1 aromatic heterocycles. The molecule has 118 valence electrons. The third kappa shape index (κ3) is 2.94. The molecule has 3 rings (SSSR count). The van der Waals surface area contributed by atoms with E-state index in [1.807, 2.05) is 0 Å². The van der Waals surface area contributed by atoms with Gasteiger partial charge in [0.2, 0.25) is 0 Å². The topological polar surface area (TPSA) is 96.3 Å². The molecule has 7 nitrogen and oxygen atoms in total. The average molecular weight is 338 g/mol. The van der Waals surface area contributed by atoms with E-state index in [1.54, 1.807) is 30.3 Å². The molecule has 0 atom stereocenters. The van der Waals surface area contributed by atoms with Gasteiger partial charge < -0.3 is 0 Å². The van der Waals surface area contributed by atoms with Gasteiger partial charge in [0.25, 0.3) is 5.95 Å². The maximum Gasteiger partial charge on any atom is 0.366 e. The molecular formula is C13H8F2N4O3S. The van der Waals surface area contributed by atoms with Crippen LogP contribution in [0.5, 0.6) is 0 Å². The first kappa shape index (κ1) is 15.2. The van der Waals surface area contributed by atoms with Gasteiger partial charge in [-0.2, -0.15) is 36.5 Å². The quantitative estimate of drug-likeness (QED) is 0.736. The van der Waals surface area contributed by atoms with Crippen LogP contribution in [-0.2, 0) is 10.3 Å². The van der Waals surface area contributed by atoms with Gasteiger partial charge in [0.1, 0.15) is 0 Å². The maximum absolute atomic E-state index is 13.2. The highest BCUT2D eigenvalue weighted by Gasteiger charge is 2.27. The fourth-order valence-electron chi connectivity index (χ4n) is 2.13. The van der Waals surface area contributed by atoms with Crippen molar-refractivity contribution in [2.24, 2.45) is 0 Å². The summed E-state index contributed by atoms with van der Waals surface area (Å²) in [5.41, 5.74) is -0.0596. The van der Waals surface area contributed by atoms with Gasteiger partial charge in [-0.1, -0.05) is 36.4 Å². The third-order valence-corrected chi connectivity index (χ3v) is 3.79. The molecule has 0 fully saturated rings. The van der Waals surface area contributed by atoms with E-state index < -0.39 is 28.4 Å². The molecule has 0 saturated heterocycles. The molecule has 0 bridgehead atoms. The summed E-state index contributed by atoms with van der Waals surface area (Å²) in [6.45, 7) is 0. The standard InChI is InChI=1S/C13H8F2N4O3S/c14-11-16-12(15)18-13(17-11)19(23(20,21)22)10-7-3-5-8-4-1-2-6-9(8)10/h1-7H,(H,20,21,22). The Labute approximate surface area is 129 Å². The minimum Gasteiger partial charge on any atom is -0.269 e. The van der Waals surface area contributed by atoms with E-state index in [-0.39, 0.29) is 9.99 Å². The van der Waals surface area contributed by atoms with Crippen LogP contribution in [0, 0.1) is 12.2 Å². The molecule has 0 amide bonds. The van der Waals surface area contributed by atoms with Crippen molar-refractivity contribution in [3.8, 4) is 0 Å². The second kappa shape index (κ2) is 5.48. The highest BCUT2D eigenvalue weighted by molar-refractivity contribution is 7.87. The summed E-state index contributed by atoms with van der Waals surface area (Å²) in [6.07, 6.45) is -3.03. The Hall–Kier alpha value is -2.72. The zero-order valence-electron chi connectivity index (χ0n) is 11.3. The van der Waals surface area contributed by atoms with Crippen LogP contribution in [0.1, 0.15) is 0 Å². The molecule has 1 N–H and O–H groups in total. The molecule has 0 unspecified atom stereocenters. The number of fused-ring (bicyclic) bond motifs is 1. The van der Waals surface area contributed by atoms with Crippen molar-refractivity contribution in [3.63, 3.8) is 0 Å². The van der Waals surface area contributed by atoms with Crippen molar-refractivity contribution >= 4 is 32.7 Å². The number of rotatable bonds is 3. The molecular weight excluding hydrogens is 330 g/mol. The molecule has 0 spiro atoms. The Balaban J connectivity index is 2.32. The molecule has 2 aromatic carbocycles. The van der Waals surface area contributed by atoms with Crippen molar-refractivity contribution in [1.82, 2.24) is 15.0 Å². The first-order valence-corrected chi connectivity index (χ1v) is 7.58. The largest absolute Gasteiger partial charge is 0.366 e. The molecule has 0 aliphatic heterocycles. The molecule has 1 heterocycles. The van der Waals surface area contributed by atoms with Crippen molar-refractivity contribution in [3.05, 3.63) is 54.6 Å². The van der Waals surface area contributed by atoms with Crippen LogP contribution in [0.25, 0.3) is 10.8 Å². The van der Waals surface area contributed by atoms with Gasteiger partial charge in [-0.15, -0.1) is 0 Å². The number of benzene rings is 2.